The highest BCUT2D eigenvalue weighted by Gasteiger charge is 2.29. The minimum absolute atomic E-state index is 0. The van der Waals surface area contributed by atoms with Crippen molar-refractivity contribution in [3.8, 4) is 0 Å². The fraction of sp³-hybridized carbons (Fsp3) is 0.533. The molecule has 1 aliphatic carbocycles. The van der Waals surface area contributed by atoms with E-state index in [0.717, 1.165) is 25.7 Å². The molecular weight excluding hydrogens is 260 g/mol. The summed E-state index contributed by atoms with van der Waals surface area (Å²) < 4.78 is 0. The van der Waals surface area contributed by atoms with Crippen molar-refractivity contribution in [2.45, 2.75) is 38.6 Å². The Balaban J connectivity index is 0.00000180. The van der Waals surface area contributed by atoms with Crippen molar-refractivity contribution < 1.29 is 4.79 Å². The zero-order chi connectivity index (χ0) is 13.0. The molecule has 3 N–H and O–H groups in total. The van der Waals surface area contributed by atoms with E-state index >= 15 is 0 Å². The van der Waals surface area contributed by atoms with E-state index in [1.807, 2.05) is 12.1 Å². The third kappa shape index (κ3) is 4.22. The Morgan fingerprint density at radius 1 is 1.37 bits per heavy atom. The monoisotopic (exact) mass is 282 g/mol. The zero-order valence-electron chi connectivity index (χ0n) is 11.4. The molecule has 0 radical (unpaired) electrons. The molecule has 0 bridgehead atoms. The predicted molar refractivity (Wildman–Crippen MR) is 80.5 cm³/mol. The second-order valence-corrected chi connectivity index (χ2v) is 5.17. The second-order valence-electron chi connectivity index (χ2n) is 5.17. The Bertz CT molecular complexity index is 422. The molecule has 1 aliphatic rings. The summed E-state index contributed by atoms with van der Waals surface area (Å²) in [7, 11) is 0. The molecule has 106 valence electrons. The summed E-state index contributed by atoms with van der Waals surface area (Å²) >= 11 is 0. The topological polar surface area (TPSA) is 55.1 Å². The van der Waals surface area contributed by atoms with Crippen LogP contribution in [0, 0.1) is 12.8 Å². The minimum Gasteiger partial charge on any atom is -0.355 e. The molecule has 19 heavy (non-hydrogen) atoms. The van der Waals surface area contributed by atoms with Gasteiger partial charge < -0.3 is 11.1 Å². The van der Waals surface area contributed by atoms with Gasteiger partial charge in [-0.05, 0) is 37.3 Å². The number of aryl methyl sites for hydroxylation is 1. The number of benzene rings is 1. The van der Waals surface area contributed by atoms with Gasteiger partial charge in [-0.3, -0.25) is 4.79 Å². The van der Waals surface area contributed by atoms with Crippen LogP contribution in [0.15, 0.2) is 24.3 Å². The third-order valence-corrected chi connectivity index (χ3v) is 3.86. The Morgan fingerprint density at radius 3 is 2.74 bits per heavy atom. The number of amides is 1. The Kier molecular flexibility index (Phi) is 6.32. The van der Waals surface area contributed by atoms with E-state index in [2.05, 4.69) is 24.4 Å². The van der Waals surface area contributed by atoms with Gasteiger partial charge in [0.05, 0.1) is 5.92 Å². The van der Waals surface area contributed by atoms with E-state index in [1.54, 1.807) is 0 Å². The molecular formula is C15H23ClN2O. The van der Waals surface area contributed by atoms with Crippen molar-refractivity contribution in [2.75, 3.05) is 6.54 Å². The average Bonchev–Trinajstić information content (AvgIpc) is 2.78. The van der Waals surface area contributed by atoms with Crippen LogP contribution in [0.25, 0.3) is 0 Å². The lowest BCUT2D eigenvalue weighted by Crippen LogP contribution is -2.39. The van der Waals surface area contributed by atoms with Gasteiger partial charge in [0.25, 0.3) is 0 Å². The summed E-state index contributed by atoms with van der Waals surface area (Å²) in [5.41, 5.74) is 8.51. The highest BCUT2D eigenvalue weighted by atomic mass is 35.5. The van der Waals surface area contributed by atoms with Gasteiger partial charge in [0.1, 0.15) is 0 Å². The van der Waals surface area contributed by atoms with Gasteiger partial charge in [-0.15, -0.1) is 12.4 Å². The maximum atomic E-state index is 11.9. The molecule has 1 fully saturated rings. The molecule has 1 amide bonds. The molecule has 0 aliphatic heterocycles. The first-order valence-corrected chi connectivity index (χ1v) is 6.76. The first-order chi connectivity index (χ1) is 8.68. The van der Waals surface area contributed by atoms with E-state index in [0.29, 0.717) is 6.54 Å². The van der Waals surface area contributed by atoms with Crippen LogP contribution in [0.2, 0.25) is 0 Å². The SMILES string of the molecule is Cc1ccccc1CCNC(=O)C1CCCC1N.Cl. The first kappa shape index (κ1) is 16.0. The van der Waals surface area contributed by atoms with Crippen LogP contribution in [0.5, 0.6) is 0 Å². The first-order valence-electron chi connectivity index (χ1n) is 6.76. The number of nitrogens with two attached hydrogens (primary N) is 1. The van der Waals surface area contributed by atoms with Crippen LogP contribution in [0.3, 0.4) is 0 Å². The van der Waals surface area contributed by atoms with Crippen LogP contribution in [-0.4, -0.2) is 18.5 Å². The minimum atomic E-state index is 0. The zero-order valence-corrected chi connectivity index (χ0v) is 12.2. The summed E-state index contributed by atoms with van der Waals surface area (Å²) in [5, 5.41) is 3.01. The molecule has 0 saturated heterocycles. The lowest BCUT2D eigenvalue weighted by Gasteiger charge is -2.15. The lowest BCUT2D eigenvalue weighted by atomic mass is 10.0. The van der Waals surface area contributed by atoms with E-state index in [-0.39, 0.29) is 30.3 Å². The molecule has 4 heteroatoms. The summed E-state index contributed by atoms with van der Waals surface area (Å²) in [5.74, 6) is 0.162. The summed E-state index contributed by atoms with van der Waals surface area (Å²) in [4.78, 5) is 11.9. The van der Waals surface area contributed by atoms with Crippen LogP contribution in [0.1, 0.15) is 30.4 Å². The molecule has 2 unspecified atom stereocenters. The molecule has 3 nitrogen and oxygen atoms in total. The van der Waals surface area contributed by atoms with Crippen LogP contribution in [-0.2, 0) is 11.2 Å². The van der Waals surface area contributed by atoms with Crippen LogP contribution >= 0.6 is 12.4 Å². The largest absolute Gasteiger partial charge is 0.355 e. The van der Waals surface area contributed by atoms with E-state index < -0.39 is 0 Å². The quantitative estimate of drug-likeness (QED) is 0.890. The number of carbonyl (C=O) groups excluding carboxylic acids is 1. The Hall–Kier alpha value is -1.06. The number of nitrogens with one attached hydrogen (secondary N) is 1. The maximum Gasteiger partial charge on any atom is 0.224 e. The van der Waals surface area contributed by atoms with Gasteiger partial charge >= 0.3 is 0 Å². The second kappa shape index (κ2) is 7.51. The number of hydrogen-bond acceptors (Lipinski definition) is 2. The smallest absolute Gasteiger partial charge is 0.224 e. The van der Waals surface area contributed by atoms with E-state index in [4.69, 9.17) is 5.73 Å². The molecule has 0 heterocycles. The van der Waals surface area contributed by atoms with E-state index in [9.17, 15) is 4.79 Å². The van der Waals surface area contributed by atoms with Crippen molar-refractivity contribution in [1.82, 2.24) is 5.32 Å². The van der Waals surface area contributed by atoms with Gasteiger partial charge in [-0.1, -0.05) is 30.7 Å². The van der Waals surface area contributed by atoms with Gasteiger partial charge in [0.15, 0.2) is 0 Å². The lowest BCUT2D eigenvalue weighted by molar-refractivity contribution is -0.125. The predicted octanol–water partition coefficient (Wildman–Crippen LogP) is 2.20. The Morgan fingerprint density at radius 2 is 2.11 bits per heavy atom. The number of halogens is 1. The summed E-state index contributed by atoms with van der Waals surface area (Å²) in [6, 6.07) is 8.35. The summed E-state index contributed by atoms with van der Waals surface area (Å²) in [6.07, 6.45) is 3.89. The standard InChI is InChI=1S/C15H22N2O.ClH/c1-11-5-2-3-6-12(11)9-10-17-15(18)13-7-4-8-14(13)16;/h2-3,5-6,13-14H,4,7-10,16H2,1H3,(H,17,18);1H. The number of hydrogen-bond donors (Lipinski definition) is 2. The molecule has 0 spiro atoms. The molecule has 2 atom stereocenters. The van der Waals surface area contributed by atoms with Gasteiger partial charge in [-0.2, -0.15) is 0 Å². The van der Waals surface area contributed by atoms with Crippen molar-refractivity contribution in [3.63, 3.8) is 0 Å². The normalized spacial score (nSPS) is 21.8. The maximum absolute atomic E-state index is 11.9. The molecule has 1 saturated carbocycles. The number of rotatable bonds is 4. The van der Waals surface area contributed by atoms with Crippen molar-refractivity contribution in [1.29, 1.82) is 0 Å². The van der Waals surface area contributed by atoms with Gasteiger partial charge in [0, 0.05) is 12.6 Å². The van der Waals surface area contributed by atoms with Crippen molar-refractivity contribution in [3.05, 3.63) is 35.4 Å². The summed E-state index contributed by atoms with van der Waals surface area (Å²) in [6.45, 7) is 2.80. The van der Waals surface area contributed by atoms with E-state index in [1.165, 1.54) is 11.1 Å². The average molecular weight is 283 g/mol. The molecule has 0 aromatic heterocycles. The highest BCUT2D eigenvalue weighted by Crippen LogP contribution is 2.23. The fourth-order valence-electron chi connectivity index (χ4n) is 2.66. The third-order valence-electron chi connectivity index (χ3n) is 3.86. The molecule has 1 aromatic carbocycles. The van der Waals surface area contributed by atoms with Gasteiger partial charge in [-0.25, -0.2) is 0 Å². The number of carbonyl (C=O) groups is 1. The highest BCUT2D eigenvalue weighted by molar-refractivity contribution is 5.85. The fourth-order valence-corrected chi connectivity index (χ4v) is 2.66. The van der Waals surface area contributed by atoms with Gasteiger partial charge in [0.2, 0.25) is 5.91 Å². The Labute approximate surface area is 121 Å². The molecule has 1 aromatic rings. The van der Waals surface area contributed by atoms with Crippen LogP contribution in [0.4, 0.5) is 0 Å². The van der Waals surface area contributed by atoms with Crippen molar-refractivity contribution in [2.24, 2.45) is 11.7 Å². The molecule has 2 rings (SSSR count). The van der Waals surface area contributed by atoms with Crippen molar-refractivity contribution >= 4 is 18.3 Å². The van der Waals surface area contributed by atoms with Crippen LogP contribution < -0.4 is 11.1 Å².